The van der Waals surface area contributed by atoms with E-state index in [1.165, 1.54) is 16.9 Å². The molecule has 0 aliphatic rings. The predicted octanol–water partition coefficient (Wildman–Crippen LogP) is 2.83. The summed E-state index contributed by atoms with van der Waals surface area (Å²) in [6.07, 6.45) is 0.872. The van der Waals surface area contributed by atoms with Crippen molar-refractivity contribution in [1.82, 2.24) is 5.32 Å². The Morgan fingerprint density at radius 2 is 1.89 bits per heavy atom. The van der Waals surface area contributed by atoms with Gasteiger partial charge in [-0.05, 0) is 35.5 Å². The van der Waals surface area contributed by atoms with Crippen LogP contribution in [0, 0.1) is 0 Å². The second-order valence-corrected chi connectivity index (χ2v) is 5.46. The fourth-order valence-corrected chi connectivity index (χ4v) is 2.77. The first-order chi connectivity index (χ1) is 9.20. The molecule has 0 saturated heterocycles. The first kappa shape index (κ1) is 14.1. The third kappa shape index (κ3) is 3.80. The zero-order chi connectivity index (χ0) is 13.7. The topological polar surface area (TPSA) is 55.1 Å². The fourth-order valence-electron chi connectivity index (χ4n) is 1.71. The van der Waals surface area contributed by atoms with Crippen LogP contribution < -0.4 is 11.1 Å². The number of nitrogens with two attached hydrogens (primary N) is 1. The van der Waals surface area contributed by atoms with Gasteiger partial charge in [-0.2, -0.15) is 0 Å². The van der Waals surface area contributed by atoms with Gasteiger partial charge in [0.15, 0.2) is 0 Å². The van der Waals surface area contributed by atoms with E-state index in [-0.39, 0.29) is 5.91 Å². The van der Waals surface area contributed by atoms with E-state index in [0.717, 1.165) is 12.0 Å². The number of thiophene rings is 1. The van der Waals surface area contributed by atoms with Gasteiger partial charge in [-0.15, -0.1) is 11.3 Å². The van der Waals surface area contributed by atoms with E-state index in [9.17, 15) is 4.79 Å². The largest absolute Gasteiger partial charge is 0.347 e. The van der Waals surface area contributed by atoms with Gasteiger partial charge in [0.2, 0.25) is 0 Å². The minimum absolute atomic E-state index is 0.133. The lowest BCUT2D eigenvalue weighted by molar-refractivity contribution is 0.0955. The number of benzene rings is 1. The van der Waals surface area contributed by atoms with Gasteiger partial charge in [0.1, 0.15) is 4.88 Å². The van der Waals surface area contributed by atoms with E-state index < -0.39 is 0 Å². The molecule has 0 aliphatic carbocycles. The molecule has 2 rings (SSSR count). The molecule has 0 unspecified atom stereocenters. The van der Waals surface area contributed by atoms with Gasteiger partial charge in [0.05, 0.1) is 5.02 Å². The lowest BCUT2D eigenvalue weighted by Gasteiger charge is -2.05. The highest BCUT2D eigenvalue weighted by Crippen LogP contribution is 2.21. The number of nitrogens with one attached hydrogen (secondary N) is 1. The van der Waals surface area contributed by atoms with Crippen LogP contribution >= 0.6 is 22.9 Å². The van der Waals surface area contributed by atoms with Crippen molar-refractivity contribution in [3.63, 3.8) is 0 Å². The molecule has 100 valence electrons. The second-order valence-electron chi connectivity index (χ2n) is 4.14. The number of amides is 1. The number of carbonyl (C=O) groups excluding carboxylic acids is 1. The molecular formula is C14H15ClN2OS. The number of rotatable bonds is 5. The fraction of sp³-hybridized carbons (Fsp3) is 0.214. The highest BCUT2D eigenvalue weighted by Gasteiger charge is 2.10. The van der Waals surface area contributed by atoms with Crippen molar-refractivity contribution in [1.29, 1.82) is 0 Å². The maximum Gasteiger partial charge on any atom is 0.263 e. The minimum atomic E-state index is -0.133. The molecule has 19 heavy (non-hydrogen) atoms. The van der Waals surface area contributed by atoms with Crippen LogP contribution in [0.2, 0.25) is 5.02 Å². The summed E-state index contributed by atoms with van der Waals surface area (Å²) in [6.45, 7) is 1.14. The quantitative estimate of drug-likeness (QED) is 0.891. The van der Waals surface area contributed by atoms with Gasteiger partial charge in [-0.3, -0.25) is 4.79 Å². The number of hydrogen-bond acceptors (Lipinski definition) is 3. The Kier molecular flexibility index (Phi) is 4.96. The Bertz CT molecular complexity index is 551. The SMILES string of the molecule is NCCc1ccc(CNC(=O)c2sccc2Cl)cc1. The van der Waals surface area contributed by atoms with Crippen molar-refractivity contribution in [3.05, 3.63) is 56.7 Å². The average molecular weight is 295 g/mol. The maximum atomic E-state index is 11.9. The van der Waals surface area contributed by atoms with Crippen molar-refractivity contribution < 1.29 is 4.79 Å². The van der Waals surface area contributed by atoms with E-state index in [2.05, 4.69) is 5.32 Å². The van der Waals surface area contributed by atoms with Crippen molar-refractivity contribution in [2.75, 3.05) is 6.54 Å². The smallest absolute Gasteiger partial charge is 0.263 e. The maximum absolute atomic E-state index is 11.9. The van der Waals surface area contributed by atoms with Crippen molar-refractivity contribution in [2.45, 2.75) is 13.0 Å². The van der Waals surface area contributed by atoms with Crippen LogP contribution in [0.5, 0.6) is 0 Å². The summed E-state index contributed by atoms with van der Waals surface area (Å²) in [7, 11) is 0. The molecule has 2 aromatic rings. The summed E-state index contributed by atoms with van der Waals surface area (Å²) in [5.41, 5.74) is 7.76. The average Bonchev–Trinajstić information content (AvgIpc) is 2.84. The third-order valence-corrected chi connectivity index (χ3v) is 4.07. The zero-order valence-corrected chi connectivity index (χ0v) is 11.9. The molecule has 0 fully saturated rings. The molecular weight excluding hydrogens is 280 g/mol. The van der Waals surface area contributed by atoms with Gasteiger partial charge >= 0.3 is 0 Å². The van der Waals surface area contributed by atoms with E-state index in [1.807, 2.05) is 24.3 Å². The Hall–Kier alpha value is -1.36. The Labute approximate surface area is 121 Å². The van der Waals surface area contributed by atoms with E-state index in [1.54, 1.807) is 11.4 Å². The van der Waals surface area contributed by atoms with Crippen LogP contribution in [0.25, 0.3) is 0 Å². The number of carbonyl (C=O) groups is 1. The van der Waals surface area contributed by atoms with Crippen LogP contribution in [0.3, 0.4) is 0 Å². The Morgan fingerprint density at radius 3 is 2.47 bits per heavy atom. The molecule has 0 radical (unpaired) electrons. The van der Waals surface area contributed by atoms with E-state index >= 15 is 0 Å². The number of halogens is 1. The van der Waals surface area contributed by atoms with Gasteiger partial charge in [-0.1, -0.05) is 35.9 Å². The molecule has 3 nitrogen and oxygen atoms in total. The number of hydrogen-bond donors (Lipinski definition) is 2. The summed E-state index contributed by atoms with van der Waals surface area (Å²) in [4.78, 5) is 12.4. The molecule has 0 bridgehead atoms. The minimum Gasteiger partial charge on any atom is -0.347 e. The molecule has 5 heteroatoms. The summed E-state index contributed by atoms with van der Waals surface area (Å²) >= 11 is 7.25. The molecule has 1 amide bonds. The molecule has 3 N–H and O–H groups in total. The monoisotopic (exact) mass is 294 g/mol. The second kappa shape index (κ2) is 6.70. The van der Waals surface area contributed by atoms with Crippen LogP contribution in [0.4, 0.5) is 0 Å². The highest BCUT2D eigenvalue weighted by atomic mass is 35.5. The lowest BCUT2D eigenvalue weighted by Crippen LogP contribution is -2.22. The predicted molar refractivity (Wildman–Crippen MR) is 79.7 cm³/mol. The van der Waals surface area contributed by atoms with Gasteiger partial charge < -0.3 is 11.1 Å². The summed E-state index contributed by atoms with van der Waals surface area (Å²) in [5, 5.41) is 5.16. The molecule has 1 aromatic carbocycles. The third-order valence-electron chi connectivity index (χ3n) is 2.73. The van der Waals surface area contributed by atoms with E-state index in [4.69, 9.17) is 17.3 Å². The van der Waals surface area contributed by atoms with Gasteiger partial charge in [0.25, 0.3) is 5.91 Å². The normalized spacial score (nSPS) is 10.4. The molecule has 0 saturated carbocycles. The molecule has 1 heterocycles. The van der Waals surface area contributed by atoms with Crippen LogP contribution in [0.15, 0.2) is 35.7 Å². The Morgan fingerprint density at radius 1 is 1.21 bits per heavy atom. The summed E-state index contributed by atoms with van der Waals surface area (Å²) in [6, 6.07) is 9.80. The van der Waals surface area contributed by atoms with Crippen LogP contribution in [-0.2, 0) is 13.0 Å². The first-order valence-electron chi connectivity index (χ1n) is 6.00. The lowest BCUT2D eigenvalue weighted by atomic mass is 10.1. The molecule has 0 spiro atoms. The summed E-state index contributed by atoms with van der Waals surface area (Å²) < 4.78 is 0. The standard InChI is InChI=1S/C14H15ClN2OS/c15-12-6-8-19-13(12)14(18)17-9-11-3-1-10(2-4-11)5-7-16/h1-4,6,8H,5,7,9,16H2,(H,17,18). The van der Waals surface area contributed by atoms with Crippen molar-refractivity contribution in [2.24, 2.45) is 5.73 Å². The van der Waals surface area contributed by atoms with Gasteiger partial charge in [0, 0.05) is 6.54 Å². The van der Waals surface area contributed by atoms with Gasteiger partial charge in [-0.25, -0.2) is 0 Å². The van der Waals surface area contributed by atoms with Crippen LogP contribution in [0.1, 0.15) is 20.8 Å². The molecule has 0 aliphatic heterocycles. The molecule has 1 aromatic heterocycles. The Balaban J connectivity index is 1.92. The molecule has 0 atom stereocenters. The summed E-state index contributed by atoms with van der Waals surface area (Å²) in [5.74, 6) is -0.133. The first-order valence-corrected chi connectivity index (χ1v) is 7.25. The highest BCUT2D eigenvalue weighted by molar-refractivity contribution is 7.12. The van der Waals surface area contributed by atoms with E-state index in [0.29, 0.717) is 23.0 Å². The van der Waals surface area contributed by atoms with Crippen LogP contribution in [-0.4, -0.2) is 12.5 Å². The van der Waals surface area contributed by atoms with Crippen molar-refractivity contribution in [3.8, 4) is 0 Å². The van der Waals surface area contributed by atoms with Crippen molar-refractivity contribution >= 4 is 28.8 Å². The zero-order valence-electron chi connectivity index (χ0n) is 10.4.